The Morgan fingerprint density at radius 3 is 2.85 bits per heavy atom. The predicted molar refractivity (Wildman–Crippen MR) is 125 cm³/mol. The molecule has 1 saturated heterocycles. The van der Waals surface area contributed by atoms with Crippen molar-refractivity contribution in [3.63, 3.8) is 0 Å². The number of β-lactam (4-membered cyclic amide) rings is 1. The number of thiazole rings is 1. The molecule has 2 atom stereocenters. The topological polar surface area (TPSA) is 173 Å². The fourth-order valence-electron chi connectivity index (χ4n) is 3.18. The highest BCUT2D eigenvalue weighted by molar-refractivity contribution is 8.01. The number of carbonyl (C=O) groups excluding carboxylic acids is 2. The lowest BCUT2D eigenvalue weighted by molar-refractivity contribution is -0.150. The SMILES string of the molecule is CO/N=C(\C(=O)NC1C(=O)N2C(C(=O)O)=C(CSc3nnc(C)s3)CS[C@H]12)c1csc(N)n1. The third-order valence-electron chi connectivity index (χ3n) is 4.58. The van der Waals surface area contributed by atoms with Gasteiger partial charge in [-0.3, -0.25) is 14.5 Å². The van der Waals surface area contributed by atoms with Gasteiger partial charge in [-0.2, -0.15) is 0 Å². The Bertz CT molecular complexity index is 1180. The molecule has 4 rings (SSSR count). The number of carbonyl (C=O) groups is 3. The Kier molecular flexibility index (Phi) is 6.87. The monoisotopic (exact) mass is 527 g/mol. The summed E-state index contributed by atoms with van der Waals surface area (Å²) in [6.07, 6.45) is 0. The molecule has 0 aliphatic carbocycles. The van der Waals surface area contributed by atoms with Gasteiger partial charge in [-0.05, 0) is 12.5 Å². The molecule has 0 aromatic carbocycles. The highest BCUT2D eigenvalue weighted by Gasteiger charge is 2.54. The highest BCUT2D eigenvalue weighted by atomic mass is 32.2. The maximum Gasteiger partial charge on any atom is 0.352 e. The van der Waals surface area contributed by atoms with E-state index in [1.807, 2.05) is 6.92 Å². The summed E-state index contributed by atoms with van der Waals surface area (Å²) >= 11 is 5.30. The van der Waals surface area contributed by atoms with Gasteiger partial charge in [-0.15, -0.1) is 33.3 Å². The van der Waals surface area contributed by atoms with Crippen molar-refractivity contribution in [2.45, 2.75) is 22.7 Å². The summed E-state index contributed by atoms with van der Waals surface area (Å²) in [6, 6.07) is -0.907. The number of nitrogens with zero attached hydrogens (tertiary/aromatic N) is 5. The lowest BCUT2D eigenvalue weighted by Crippen LogP contribution is -2.71. The zero-order chi connectivity index (χ0) is 23.7. The predicted octanol–water partition coefficient (Wildman–Crippen LogP) is 0.767. The Morgan fingerprint density at radius 2 is 2.24 bits per heavy atom. The molecule has 174 valence electrons. The molecule has 0 spiro atoms. The molecule has 0 saturated carbocycles. The first-order chi connectivity index (χ1) is 15.8. The van der Waals surface area contributed by atoms with Crippen molar-refractivity contribution < 1.29 is 24.3 Å². The van der Waals surface area contributed by atoms with Crippen molar-refractivity contribution in [2.75, 3.05) is 24.3 Å². The number of hydrogen-bond acceptors (Lipinski definition) is 13. The van der Waals surface area contributed by atoms with Crippen LogP contribution >= 0.6 is 46.2 Å². The number of aliphatic carboxylic acids is 1. The lowest BCUT2D eigenvalue weighted by atomic mass is 10.0. The van der Waals surface area contributed by atoms with Crippen LogP contribution in [0.25, 0.3) is 0 Å². The Labute approximate surface area is 203 Å². The first-order valence-electron chi connectivity index (χ1n) is 9.26. The quantitative estimate of drug-likeness (QED) is 0.191. The number of fused-ring (bicyclic) bond motifs is 1. The van der Waals surface area contributed by atoms with E-state index in [2.05, 4.69) is 25.7 Å². The summed E-state index contributed by atoms with van der Waals surface area (Å²) in [4.78, 5) is 47.6. The molecule has 2 aliphatic rings. The van der Waals surface area contributed by atoms with Crippen molar-refractivity contribution >= 4 is 74.8 Å². The molecule has 12 nitrogen and oxygen atoms in total. The molecule has 2 amide bonds. The minimum absolute atomic E-state index is 0.0546. The Morgan fingerprint density at radius 1 is 1.45 bits per heavy atom. The third kappa shape index (κ3) is 4.68. The summed E-state index contributed by atoms with van der Waals surface area (Å²) in [6.45, 7) is 1.84. The fourth-order valence-corrected chi connectivity index (χ4v) is 7.03. The molecule has 1 unspecified atom stereocenters. The second kappa shape index (κ2) is 9.66. The summed E-state index contributed by atoms with van der Waals surface area (Å²) < 4.78 is 0.726. The number of nitrogens with two attached hydrogens (primary N) is 1. The summed E-state index contributed by atoms with van der Waals surface area (Å²) in [7, 11) is 1.28. The maximum atomic E-state index is 12.9. The van der Waals surface area contributed by atoms with E-state index in [9.17, 15) is 19.5 Å². The number of aromatic nitrogens is 3. The molecule has 0 radical (unpaired) electrons. The molecule has 2 aromatic rings. The van der Waals surface area contributed by atoms with Crippen molar-refractivity contribution in [3.8, 4) is 0 Å². The molecule has 1 fully saturated rings. The van der Waals surface area contributed by atoms with E-state index < -0.39 is 29.2 Å². The number of nitrogen functional groups attached to an aromatic ring is 1. The zero-order valence-electron chi connectivity index (χ0n) is 17.2. The first-order valence-corrected chi connectivity index (χ1v) is 13.0. The van der Waals surface area contributed by atoms with Gasteiger partial charge in [0, 0.05) is 16.9 Å². The van der Waals surface area contributed by atoms with E-state index in [1.54, 1.807) is 5.38 Å². The van der Waals surface area contributed by atoms with Crippen LogP contribution in [-0.4, -0.2) is 78.7 Å². The number of hydrogen-bond donors (Lipinski definition) is 3. The van der Waals surface area contributed by atoms with Gasteiger partial charge in [-0.25, -0.2) is 9.78 Å². The van der Waals surface area contributed by atoms with Crippen LogP contribution in [0, 0.1) is 6.92 Å². The highest BCUT2D eigenvalue weighted by Crippen LogP contribution is 2.41. The van der Waals surface area contributed by atoms with Gasteiger partial charge in [0.1, 0.15) is 34.9 Å². The Balaban J connectivity index is 1.49. The van der Waals surface area contributed by atoms with E-state index in [0.717, 1.165) is 20.7 Å². The van der Waals surface area contributed by atoms with Crippen LogP contribution in [0.2, 0.25) is 0 Å². The van der Waals surface area contributed by atoms with Crippen LogP contribution < -0.4 is 11.1 Å². The van der Waals surface area contributed by atoms with Crippen LogP contribution in [0.5, 0.6) is 0 Å². The largest absolute Gasteiger partial charge is 0.477 e. The molecule has 0 bridgehead atoms. The number of anilines is 1. The van der Waals surface area contributed by atoms with Gasteiger partial charge in [0.2, 0.25) is 0 Å². The average Bonchev–Trinajstić information content (AvgIpc) is 3.40. The maximum absolute atomic E-state index is 12.9. The number of carboxylic acid groups (broad SMARTS) is 1. The molecule has 2 aromatic heterocycles. The number of oxime groups is 1. The average molecular weight is 528 g/mol. The van der Waals surface area contributed by atoms with Gasteiger partial charge in [-0.1, -0.05) is 28.3 Å². The molecule has 16 heteroatoms. The smallest absolute Gasteiger partial charge is 0.352 e. The number of nitrogens with one attached hydrogen (secondary N) is 1. The van der Waals surface area contributed by atoms with Gasteiger partial charge < -0.3 is 21.0 Å². The van der Waals surface area contributed by atoms with Crippen molar-refractivity contribution in [1.82, 2.24) is 25.4 Å². The van der Waals surface area contributed by atoms with Crippen LogP contribution in [0.4, 0.5) is 5.13 Å². The van der Waals surface area contributed by atoms with Crippen molar-refractivity contribution in [1.29, 1.82) is 0 Å². The van der Waals surface area contributed by atoms with Crippen LogP contribution in [0.3, 0.4) is 0 Å². The molecule has 33 heavy (non-hydrogen) atoms. The van der Waals surface area contributed by atoms with E-state index in [4.69, 9.17) is 10.6 Å². The third-order valence-corrected chi connectivity index (χ3v) is 8.65. The first kappa shape index (κ1) is 23.5. The number of thioether (sulfide) groups is 2. The van der Waals surface area contributed by atoms with Crippen LogP contribution in [0.15, 0.2) is 26.1 Å². The standard InChI is InChI=1S/C17H17N7O5S4/c1-6-21-22-17(33-6)32-4-7-3-30-14-10(13(26)24(14)11(7)15(27)28)20-12(25)9(23-29-2)8-5-31-16(18)19-8/h5,10,14H,3-4H2,1-2H3,(H2,18,19)(H,20,25)(H,27,28)/b23-9-/t10?,14-/m1/s1. The minimum atomic E-state index is -1.19. The normalized spacial score (nSPS) is 20.4. The van der Waals surface area contributed by atoms with Gasteiger partial charge in [0.25, 0.3) is 11.8 Å². The van der Waals surface area contributed by atoms with Gasteiger partial charge >= 0.3 is 5.97 Å². The number of carboxylic acids is 1. The zero-order valence-corrected chi connectivity index (χ0v) is 20.4. The molecular formula is C17H17N7O5S4. The summed E-state index contributed by atoms with van der Waals surface area (Å²) in [5, 5.41) is 26.2. The van der Waals surface area contributed by atoms with E-state index in [0.29, 0.717) is 17.1 Å². The van der Waals surface area contributed by atoms with Crippen molar-refractivity contribution in [3.05, 3.63) is 27.4 Å². The van der Waals surface area contributed by atoms with E-state index in [-0.39, 0.29) is 22.2 Å². The molecule has 2 aliphatic heterocycles. The number of amides is 2. The number of aryl methyl sites for hydroxylation is 1. The van der Waals surface area contributed by atoms with Crippen LogP contribution in [-0.2, 0) is 19.2 Å². The van der Waals surface area contributed by atoms with Crippen molar-refractivity contribution in [2.24, 2.45) is 5.16 Å². The van der Waals surface area contributed by atoms with Gasteiger partial charge in [0.15, 0.2) is 15.2 Å². The molecular weight excluding hydrogens is 510 g/mol. The second-order valence-corrected chi connectivity index (χ2v) is 11.1. The second-order valence-electron chi connectivity index (χ2n) is 6.69. The summed E-state index contributed by atoms with van der Waals surface area (Å²) in [5.41, 5.74) is 6.27. The molecule has 4 N–H and O–H groups in total. The summed E-state index contributed by atoms with van der Waals surface area (Å²) in [5.74, 6) is -1.61. The fraction of sp³-hybridized carbons (Fsp3) is 0.353. The minimum Gasteiger partial charge on any atom is -0.477 e. The van der Waals surface area contributed by atoms with E-state index >= 15 is 0 Å². The van der Waals surface area contributed by atoms with Crippen LogP contribution in [0.1, 0.15) is 10.7 Å². The van der Waals surface area contributed by atoms with Gasteiger partial charge in [0.05, 0.1) is 0 Å². The number of rotatable bonds is 8. The van der Waals surface area contributed by atoms with E-state index in [1.165, 1.54) is 46.9 Å². The molecule has 4 heterocycles. The Hall–Kier alpha value is -2.69. The lowest BCUT2D eigenvalue weighted by Gasteiger charge is -2.49.